The van der Waals surface area contributed by atoms with E-state index < -0.39 is 16.7 Å². The zero-order chi connectivity index (χ0) is 21.9. The van der Waals surface area contributed by atoms with Crippen molar-refractivity contribution < 1.29 is 14.5 Å². The molecule has 3 aromatic heterocycles. The lowest BCUT2D eigenvalue weighted by Gasteiger charge is -2.12. The van der Waals surface area contributed by atoms with Gasteiger partial charge in [0.05, 0.1) is 28.0 Å². The number of non-ortho nitro benzene ring substituents is 1. The van der Waals surface area contributed by atoms with Crippen molar-refractivity contribution in [2.75, 3.05) is 0 Å². The number of nitrogens with zero attached hydrogens (tertiary/aromatic N) is 3. The number of carbonyl (C=O) groups is 2. The molecule has 2 amide bonds. The zero-order valence-electron chi connectivity index (χ0n) is 15.9. The molecule has 1 aliphatic rings. The fourth-order valence-corrected chi connectivity index (χ4v) is 5.44. The molecule has 1 aromatic carbocycles. The molecule has 0 atom stereocenters. The SMILES string of the molecule is Cc1ccc(-c2csc3nc(CN4C(=O)c5ccc([N+](=O)[O-])cc5C4=O)[nH]c(=O)c23)s1. The van der Waals surface area contributed by atoms with Gasteiger partial charge in [-0.3, -0.25) is 29.4 Å². The van der Waals surface area contributed by atoms with Crippen LogP contribution in [0.1, 0.15) is 31.4 Å². The second-order valence-electron chi connectivity index (χ2n) is 6.94. The van der Waals surface area contributed by atoms with Crippen LogP contribution in [0.15, 0.2) is 40.5 Å². The fourth-order valence-electron chi connectivity index (χ4n) is 3.51. The third-order valence-electron chi connectivity index (χ3n) is 4.97. The summed E-state index contributed by atoms with van der Waals surface area (Å²) in [4.78, 5) is 59.1. The number of fused-ring (bicyclic) bond motifs is 2. The van der Waals surface area contributed by atoms with Crippen molar-refractivity contribution in [3.63, 3.8) is 0 Å². The molecule has 0 unspecified atom stereocenters. The van der Waals surface area contributed by atoms with Crippen LogP contribution < -0.4 is 5.56 Å². The summed E-state index contributed by atoms with van der Waals surface area (Å²) in [5, 5.41) is 13.3. The zero-order valence-corrected chi connectivity index (χ0v) is 17.5. The number of aromatic amines is 1. The molecule has 0 radical (unpaired) electrons. The summed E-state index contributed by atoms with van der Waals surface area (Å²) in [6.07, 6.45) is 0. The van der Waals surface area contributed by atoms with E-state index >= 15 is 0 Å². The first-order chi connectivity index (χ1) is 14.8. The van der Waals surface area contributed by atoms with E-state index in [-0.39, 0.29) is 34.7 Å². The van der Waals surface area contributed by atoms with Crippen LogP contribution >= 0.6 is 22.7 Å². The van der Waals surface area contributed by atoms with Crippen molar-refractivity contribution in [3.8, 4) is 10.4 Å². The molecular formula is C20H12N4O5S2. The number of benzene rings is 1. The van der Waals surface area contributed by atoms with E-state index in [1.165, 1.54) is 23.5 Å². The number of thiophene rings is 2. The van der Waals surface area contributed by atoms with Crippen LogP contribution in [0, 0.1) is 17.0 Å². The summed E-state index contributed by atoms with van der Waals surface area (Å²) in [5.41, 5.74) is 0.227. The Morgan fingerprint density at radius 1 is 1.10 bits per heavy atom. The molecule has 0 saturated heterocycles. The van der Waals surface area contributed by atoms with E-state index in [1.807, 2.05) is 24.4 Å². The minimum Gasteiger partial charge on any atom is -0.308 e. The number of hydrogen-bond acceptors (Lipinski definition) is 8. The second kappa shape index (κ2) is 6.93. The van der Waals surface area contributed by atoms with E-state index in [0.29, 0.717) is 10.2 Å². The molecule has 1 aliphatic heterocycles. The van der Waals surface area contributed by atoms with Gasteiger partial charge in [-0.25, -0.2) is 4.98 Å². The number of nitro benzene ring substituents is 1. The minimum atomic E-state index is -0.660. The Balaban J connectivity index is 1.50. The average Bonchev–Trinajstić information content (AvgIpc) is 3.41. The van der Waals surface area contributed by atoms with Gasteiger partial charge >= 0.3 is 0 Å². The maximum atomic E-state index is 12.8. The largest absolute Gasteiger partial charge is 0.308 e. The predicted octanol–water partition coefficient (Wildman–Crippen LogP) is 3.73. The first-order valence-corrected chi connectivity index (χ1v) is 10.7. The van der Waals surface area contributed by atoms with Gasteiger partial charge in [-0.05, 0) is 25.1 Å². The molecule has 0 spiro atoms. The molecule has 0 fully saturated rings. The standard InChI is InChI=1S/C20H12N4O5S2/c1-9-2-5-14(31-9)13-8-30-18-16(13)17(25)21-15(22-18)7-23-19(26)11-4-3-10(24(28)29)6-12(11)20(23)27/h2-6,8H,7H2,1H3,(H,21,22,25). The van der Waals surface area contributed by atoms with Crippen molar-refractivity contribution in [2.45, 2.75) is 13.5 Å². The molecule has 4 heterocycles. The Morgan fingerprint density at radius 3 is 2.58 bits per heavy atom. The van der Waals surface area contributed by atoms with Crippen LogP contribution in [0.5, 0.6) is 0 Å². The molecule has 0 aliphatic carbocycles. The van der Waals surface area contributed by atoms with Gasteiger partial charge in [0.25, 0.3) is 23.1 Å². The Hall–Kier alpha value is -3.70. The van der Waals surface area contributed by atoms with Gasteiger partial charge in [0.1, 0.15) is 10.7 Å². The van der Waals surface area contributed by atoms with Gasteiger partial charge in [0, 0.05) is 32.8 Å². The fraction of sp³-hybridized carbons (Fsp3) is 0.100. The second-order valence-corrected chi connectivity index (χ2v) is 9.08. The number of H-pyrrole nitrogens is 1. The van der Waals surface area contributed by atoms with Crippen LogP contribution in [-0.4, -0.2) is 31.6 Å². The third kappa shape index (κ3) is 3.05. The van der Waals surface area contributed by atoms with Crippen molar-refractivity contribution >= 4 is 50.4 Å². The molecule has 5 rings (SSSR count). The first kappa shape index (κ1) is 19.3. The van der Waals surface area contributed by atoms with E-state index in [4.69, 9.17) is 0 Å². The molecule has 4 aromatic rings. The Labute approximate surface area is 181 Å². The van der Waals surface area contributed by atoms with Crippen molar-refractivity contribution in [2.24, 2.45) is 0 Å². The van der Waals surface area contributed by atoms with Crippen molar-refractivity contribution in [1.29, 1.82) is 0 Å². The third-order valence-corrected chi connectivity index (χ3v) is 6.88. The lowest BCUT2D eigenvalue weighted by atomic mass is 10.1. The summed E-state index contributed by atoms with van der Waals surface area (Å²) in [7, 11) is 0. The Bertz CT molecular complexity index is 1480. The number of amides is 2. The van der Waals surface area contributed by atoms with Gasteiger partial charge in [0.2, 0.25) is 0 Å². The maximum absolute atomic E-state index is 12.8. The smallest absolute Gasteiger partial charge is 0.270 e. The molecule has 31 heavy (non-hydrogen) atoms. The summed E-state index contributed by atoms with van der Waals surface area (Å²) in [5.74, 6) is -1.08. The Kier molecular flexibility index (Phi) is 4.31. The van der Waals surface area contributed by atoms with Gasteiger partial charge in [-0.1, -0.05) is 0 Å². The number of carbonyl (C=O) groups excluding carboxylic acids is 2. The lowest BCUT2D eigenvalue weighted by Crippen LogP contribution is -2.30. The summed E-state index contributed by atoms with van der Waals surface area (Å²) in [6, 6.07) is 7.46. The number of nitrogens with one attached hydrogen (secondary N) is 1. The van der Waals surface area contributed by atoms with Crippen LogP contribution in [-0.2, 0) is 6.54 Å². The molecule has 1 N–H and O–H groups in total. The van der Waals surface area contributed by atoms with Gasteiger partial charge in [-0.2, -0.15) is 0 Å². The average molecular weight is 452 g/mol. The highest BCUT2D eigenvalue weighted by Gasteiger charge is 2.37. The quantitative estimate of drug-likeness (QED) is 0.286. The molecule has 9 nitrogen and oxygen atoms in total. The van der Waals surface area contributed by atoms with Crippen LogP contribution in [0.4, 0.5) is 5.69 Å². The highest BCUT2D eigenvalue weighted by molar-refractivity contribution is 7.19. The highest BCUT2D eigenvalue weighted by Crippen LogP contribution is 2.35. The van der Waals surface area contributed by atoms with E-state index in [2.05, 4.69) is 9.97 Å². The number of nitro groups is 1. The Morgan fingerprint density at radius 2 is 1.87 bits per heavy atom. The summed E-state index contributed by atoms with van der Waals surface area (Å²) >= 11 is 2.89. The van der Waals surface area contributed by atoms with Crippen LogP contribution in [0.2, 0.25) is 0 Å². The van der Waals surface area contributed by atoms with Crippen LogP contribution in [0.3, 0.4) is 0 Å². The molecule has 154 valence electrons. The minimum absolute atomic E-state index is 0.0332. The van der Waals surface area contributed by atoms with E-state index in [1.54, 1.807) is 11.3 Å². The van der Waals surface area contributed by atoms with Crippen LogP contribution in [0.25, 0.3) is 20.7 Å². The van der Waals surface area contributed by atoms with Crippen molar-refractivity contribution in [3.05, 3.63) is 78.0 Å². The van der Waals surface area contributed by atoms with Gasteiger partial charge in [-0.15, -0.1) is 22.7 Å². The van der Waals surface area contributed by atoms with Gasteiger partial charge in [0.15, 0.2) is 0 Å². The highest BCUT2D eigenvalue weighted by atomic mass is 32.1. The molecule has 11 heteroatoms. The van der Waals surface area contributed by atoms with E-state index in [9.17, 15) is 24.5 Å². The molecule has 0 saturated carbocycles. The number of hydrogen-bond donors (Lipinski definition) is 1. The van der Waals surface area contributed by atoms with Gasteiger partial charge < -0.3 is 4.98 Å². The van der Waals surface area contributed by atoms with Crippen molar-refractivity contribution in [1.82, 2.24) is 14.9 Å². The van der Waals surface area contributed by atoms with E-state index in [0.717, 1.165) is 26.3 Å². The topological polar surface area (TPSA) is 126 Å². The summed E-state index contributed by atoms with van der Waals surface area (Å²) < 4.78 is 0. The first-order valence-electron chi connectivity index (χ1n) is 9.05. The molecule has 0 bridgehead atoms. The monoisotopic (exact) mass is 452 g/mol. The summed E-state index contributed by atoms with van der Waals surface area (Å²) in [6.45, 7) is 1.75. The number of aryl methyl sites for hydroxylation is 1. The number of rotatable bonds is 4. The lowest BCUT2D eigenvalue weighted by molar-refractivity contribution is -0.384. The maximum Gasteiger partial charge on any atom is 0.270 e. The normalized spacial score (nSPS) is 13.3. The number of imide groups is 1. The molecular weight excluding hydrogens is 440 g/mol. The number of aromatic nitrogens is 2. The predicted molar refractivity (Wildman–Crippen MR) is 116 cm³/mol.